The fraction of sp³-hybridized carbons (Fsp3) is 0.444. The molecule has 0 bridgehead atoms. The van der Waals surface area contributed by atoms with Gasteiger partial charge in [-0.05, 0) is 52.2 Å². The molecule has 0 N–H and O–H groups in total. The van der Waals surface area contributed by atoms with Crippen molar-refractivity contribution >= 4 is 26.7 Å². The lowest BCUT2D eigenvalue weighted by atomic mass is 10.1. The predicted octanol–water partition coefficient (Wildman–Crippen LogP) is 4.09. The molecule has 0 atom stereocenters. The summed E-state index contributed by atoms with van der Waals surface area (Å²) in [5, 5.41) is 2.43. The van der Waals surface area contributed by atoms with E-state index in [1.54, 1.807) is 0 Å². The van der Waals surface area contributed by atoms with E-state index in [2.05, 4.69) is 51.2 Å². The average molecular weight is 364 g/mol. The van der Waals surface area contributed by atoms with Crippen molar-refractivity contribution in [2.75, 3.05) is 39.5 Å². The molecular formula is C18H22BrNO2. The van der Waals surface area contributed by atoms with Gasteiger partial charge in [0.15, 0.2) is 0 Å². The predicted molar refractivity (Wildman–Crippen MR) is 93.6 cm³/mol. The third kappa shape index (κ3) is 4.00. The van der Waals surface area contributed by atoms with Gasteiger partial charge in [-0.3, -0.25) is 4.90 Å². The number of benzene rings is 2. The molecule has 1 saturated heterocycles. The monoisotopic (exact) mass is 363 g/mol. The highest BCUT2D eigenvalue weighted by Crippen LogP contribution is 2.33. The van der Waals surface area contributed by atoms with E-state index in [9.17, 15) is 0 Å². The second kappa shape index (κ2) is 7.95. The number of halogens is 1. The van der Waals surface area contributed by atoms with Crippen molar-refractivity contribution in [3.63, 3.8) is 0 Å². The Labute approximate surface area is 140 Å². The first kappa shape index (κ1) is 15.8. The van der Waals surface area contributed by atoms with Crippen LogP contribution in [0, 0.1) is 0 Å². The van der Waals surface area contributed by atoms with Gasteiger partial charge in [0.25, 0.3) is 0 Å². The third-order valence-corrected chi connectivity index (χ3v) is 4.88. The van der Waals surface area contributed by atoms with Crippen LogP contribution in [-0.4, -0.2) is 44.4 Å². The Morgan fingerprint density at radius 1 is 1.05 bits per heavy atom. The first-order chi connectivity index (χ1) is 10.8. The maximum Gasteiger partial charge on any atom is 0.134 e. The summed E-state index contributed by atoms with van der Waals surface area (Å²) in [5.74, 6) is 0.935. The van der Waals surface area contributed by atoms with Gasteiger partial charge < -0.3 is 9.47 Å². The second-order valence-corrected chi connectivity index (χ2v) is 6.40. The van der Waals surface area contributed by atoms with Crippen LogP contribution in [0.15, 0.2) is 40.9 Å². The van der Waals surface area contributed by atoms with E-state index in [4.69, 9.17) is 9.47 Å². The quantitative estimate of drug-likeness (QED) is 0.721. The normalized spacial score (nSPS) is 16.0. The molecule has 1 fully saturated rings. The Bertz CT molecular complexity index is 611. The minimum atomic E-state index is 0.765. The molecule has 0 radical (unpaired) electrons. The van der Waals surface area contributed by atoms with E-state index in [1.165, 1.54) is 17.2 Å². The largest absolute Gasteiger partial charge is 0.492 e. The van der Waals surface area contributed by atoms with Gasteiger partial charge in [-0.1, -0.05) is 30.3 Å². The first-order valence-corrected chi connectivity index (χ1v) is 8.74. The molecule has 22 heavy (non-hydrogen) atoms. The number of ether oxygens (including phenoxy) is 2. The van der Waals surface area contributed by atoms with Crippen molar-refractivity contribution in [3.8, 4) is 5.75 Å². The summed E-state index contributed by atoms with van der Waals surface area (Å²) in [6.07, 6.45) is 2.25. The van der Waals surface area contributed by atoms with Crippen LogP contribution in [0.1, 0.15) is 12.8 Å². The molecule has 0 saturated carbocycles. The fourth-order valence-corrected chi connectivity index (χ4v) is 3.38. The van der Waals surface area contributed by atoms with Gasteiger partial charge in [0.2, 0.25) is 0 Å². The molecule has 3 rings (SSSR count). The van der Waals surface area contributed by atoms with Gasteiger partial charge in [-0.25, -0.2) is 0 Å². The Morgan fingerprint density at radius 3 is 2.73 bits per heavy atom. The van der Waals surface area contributed by atoms with E-state index >= 15 is 0 Å². The minimum Gasteiger partial charge on any atom is -0.492 e. The minimum absolute atomic E-state index is 0.765. The van der Waals surface area contributed by atoms with Crippen molar-refractivity contribution in [2.24, 2.45) is 0 Å². The molecule has 118 valence electrons. The van der Waals surface area contributed by atoms with E-state index in [0.29, 0.717) is 0 Å². The zero-order chi connectivity index (χ0) is 15.2. The number of morpholine rings is 1. The molecular weight excluding hydrogens is 342 g/mol. The highest BCUT2D eigenvalue weighted by Gasteiger charge is 2.09. The SMILES string of the molecule is Brc1c(OCCCCN2CCOCC2)ccc2ccccc12. The molecule has 1 aliphatic heterocycles. The lowest BCUT2D eigenvalue weighted by Crippen LogP contribution is -2.36. The summed E-state index contributed by atoms with van der Waals surface area (Å²) in [4.78, 5) is 2.47. The summed E-state index contributed by atoms with van der Waals surface area (Å²) < 4.78 is 12.4. The molecule has 1 heterocycles. The van der Waals surface area contributed by atoms with Gasteiger partial charge in [0.05, 0.1) is 24.3 Å². The van der Waals surface area contributed by atoms with Gasteiger partial charge in [-0.15, -0.1) is 0 Å². The molecule has 2 aromatic carbocycles. The molecule has 2 aromatic rings. The van der Waals surface area contributed by atoms with E-state index in [-0.39, 0.29) is 0 Å². The Balaban J connectivity index is 1.46. The summed E-state index contributed by atoms with van der Waals surface area (Å²) in [7, 11) is 0. The Hall–Kier alpha value is -1.10. The summed E-state index contributed by atoms with van der Waals surface area (Å²) in [6.45, 7) is 5.79. The molecule has 0 aliphatic carbocycles. The number of unbranched alkanes of at least 4 members (excludes halogenated alkanes) is 1. The zero-order valence-corrected chi connectivity index (χ0v) is 14.3. The number of fused-ring (bicyclic) bond motifs is 1. The zero-order valence-electron chi connectivity index (χ0n) is 12.8. The smallest absolute Gasteiger partial charge is 0.134 e. The van der Waals surface area contributed by atoms with Crippen molar-refractivity contribution in [1.29, 1.82) is 0 Å². The van der Waals surface area contributed by atoms with Crippen LogP contribution < -0.4 is 4.74 Å². The van der Waals surface area contributed by atoms with E-state index in [1.807, 2.05) is 6.07 Å². The molecule has 1 aliphatic rings. The van der Waals surface area contributed by atoms with Crippen LogP contribution in [0.5, 0.6) is 5.75 Å². The van der Waals surface area contributed by atoms with Crippen molar-refractivity contribution in [1.82, 2.24) is 4.90 Å². The highest BCUT2D eigenvalue weighted by molar-refractivity contribution is 9.10. The van der Waals surface area contributed by atoms with Gasteiger partial charge in [0.1, 0.15) is 5.75 Å². The van der Waals surface area contributed by atoms with Crippen molar-refractivity contribution in [3.05, 3.63) is 40.9 Å². The summed E-state index contributed by atoms with van der Waals surface area (Å²) in [5.41, 5.74) is 0. The average Bonchev–Trinajstić information content (AvgIpc) is 2.58. The van der Waals surface area contributed by atoms with Crippen LogP contribution in [0.4, 0.5) is 0 Å². The second-order valence-electron chi connectivity index (χ2n) is 5.61. The molecule has 0 aromatic heterocycles. The standard InChI is InChI=1S/C18H22BrNO2/c19-18-16-6-2-1-5-15(16)7-8-17(18)22-12-4-3-9-20-10-13-21-14-11-20/h1-2,5-8H,3-4,9-14H2. The molecule has 3 nitrogen and oxygen atoms in total. The van der Waals surface area contributed by atoms with Crippen LogP contribution in [-0.2, 0) is 4.74 Å². The number of nitrogens with zero attached hydrogens (tertiary/aromatic N) is 1. The Morgan fingerprint density at radius 2 is 1.86 bits per heavy atom. The summed E-state index contributed by atoms with van der Waals surface area (Å²) >= 11 is 3.67. The number of rotatable bonds is 6. The van der Waals surface area contributed by atoms with E-state index in [0.717, 1.165) is 56.1 Å². The molecule has 0 amide bonds. The van der Waals surface area contributed by atoms with Gasteiger partial charge in [-0.2, -0.15) is 0 Å². The Kier molecular flexibility index (Phi) is 5.70. The third-order valence-electron chi connectivity index (χ3n) is 4.06. The highest BCUT2D eigenvalue weighted by atomic mass is 79.9. The maximum absolute atomic E-state index is 5.94. The van der Waals surface area contributed by atoms with Crippen LogP contribution in [0.3, 0.4) is 0 Å². The van der Waals surface area contributed by atoms with Crippen LogP contribution in [0.25, 0.3) is 10.8 Å². The topological polar surface area (TPSA) is 21.7 Å². The number of hydrogen-bond donors (Lipinski definition) is 0. The fourth-order valence-electron chi connectivity index (χ4n) is 2.77. The number of hydrogen-bond acceptors (Lipinski definition) is 3. The molecule has 0 spiro atoms. The van der Waals surface area contributed by atoms with Crippen LogP contribution in [0.2, 0.25) is 0 Å². The lowest BCUT2D eigenvalue weighted by Gasteiger charge is -2.26. The van der Waals surface area contributed by atoms with Gasteiger partial charge >= 0.3 is 0 Å². The molecule has 4 heteroatoms. The van der Waals surface area contributed by atoms with Crippen molar-refractivity contribution < 1.29 is 9.47 Å². The van der Waals surface area contributed by atoms with Gasteiger partial charge in [0, 0.05) is 13.1 Å². The summed E-state index contributed by atoms with van der Waals surface area (Å²) in [6, 6.07) is 12.5. The maximum atomic E-state index is 5.94. The van der Waals surface area contributed by atoms with Crippen molar-refractivity contribution in [2.45, 2.75) is 12.8 Å². The van der Waals surface area contributed by atoms with Crippen LogP contribution >= 0.6 is 15.9 Å². The van der Waals surface area contributed by atoms with E-state index < -0.39 is 0 Å². The first-order valence-electron chi connectivity index (χ1n) is 7.95. The molecule has 0 unspecified atom stereocenters. The lowest BCUT2D eigenvalue weighted by molar-refractivity contribution is 0.0368.